The van der Waals surface area contributed by atoms with E-state index in [1.165, 1.54) is 97.2 Å². The van der Waals surface area contributed by atoms with Gasteiger partial charge in [-0.1, -0.05) is 78.4 Å². The highest BCUT2D eigenvalue weighted by Gasteiger charge is 2.59. The minimum absolute atomic E-state index is 0.216. The summed E-state index contributed by atoms with van der Waals surface area (Å²) in [6.07, 6.45) is 17.3. The minimum atomic E-state index is -1.13. The number of hydrogen-bond donors (Lipinski definition) is 0. The van der Waals surface area contributed by atoms with E-state index < -0.39 is 53.7 Å². The molecule has 3 saturated carbocycles. The van der Waals surface area contributed by atoms with Crippen molar-refractivity contribution in [3.8, 4) is 0 Å². The monoisotopic (exact) mass is 833 g/mol. The number of ether oxygens (including phenoxy) is 6. The molecule has 0 aromatic heterocycles. The number of carbonyl (C=O) groups is 4. The zero-order chi connectivity index (χ0) is 42.2. The van der Waals surface area contributed by atoms with Gasteiger partial charge in [0, 0.05) is 34.3 Å². The molecule has 5 aliphatic rings. The van der Waals surface area contributed by atoms with E-state index in [1.54, 1.807) is 5.57 Å². The molecule has 0 spiro atoms. The number of hydrogen-bond acceptors (Lipinski definition) is 11. The van der Waals surface area contributed by atoms with E-state index in [2.05, 4.69) is 40.7 Å². The fourth-order valence-electron chi connectivity index (χ4n) is 12.1. The van der Waals surface area contributed by atoms with E-state index in [0.29, 0.717) is 22.7 Å². The maximum Gasteiger partial charge on any atom is 0.303 e. The third kappa shape index (κ3) is 11.6. The Morgan fingerprint density at radius 2 is 1.47 bits per heavy atom. The molecule has 5 rings (SSSR count). The first kappa shape index (κ1) is 46.9. The average Bonchev–Trinajstić information content (AvgIpc) is 3.50. The molecule has 4 aliphatic carbocycles. The van der Waals surface area contributed by atoms with Gasteiger partial charge in [0.1, 0.15) is 18.1 Å². The van der Waals surface area contributed by atoms with Crippen molar-refractivity contribution in [2.75, 3.05) is 19.0 Å². The summed E-state index contributed by atoms with van der Waals surface area (Å²) in [4.78, 5) is 47.9. The Morgan fingerprint density at radius 3 is 2.16 bits per heavy atom. The normalized spacial score (nSPS) is 36.1. The van der Waals surface area contributed by atoms with Gasteiger partial charge in [0.25, 0.3) is 0 Å². The summed E-state index contributed by atoms with van der Waals surface area (Å²) in [7, 11) is 0. The van der Waals surface area contributed by atoms with Crippen LogP contribution in [0.15, 0.2) is 11.6 Å². The number of carbonyl (C=O) groups excluding carboxylic acids is 4. The topological polar surface area (TPSA) is 124 Å². The Morgan fingerprint density at radius 1 is 0.776 bits per heavy atom. The van der Waals surface area contributed by atoms with Crippen molar-refractivity contribution in [1.82, 2.24) is 0 Å². The summed E-state index contributed by atoms with van der Waals surface area (Å²) in [6.45, 7) is 18.1. The SMILES string of the molecule is CC(=O)OC[C@H]1O[C@@H](SCCCCCCO[C@H]2CC[C@@]3(C)C(=CC[C@H]4[C@@H]5CC[C@H]([C@H](C)CCCC(C)C)[C@@]5(C)CC[C@@H]43)C2)[C@@H](OC(C)=O)[C@@H](OC(C)=O)[C@@H]1OC(C)=O. The average molecular weight is 833 g/mol. The second kappa shape index (κ2) is 21.1. The van der Waals surface area contributed by atoms with Crippen LogP contribution in [-0.4, -0.2) is 78.8 Å². The summed E-state index contributed by atoms with van der Waals surface area (Å²) in [5.74, 6) is 3.44. The number of esters is 4. The van der Waals surface area contributed by atoms with E-state index in [4.69, 9.17) is 28.4 Å². The van der Waals surface area contributed by atoms with Crippen molar-refractivity contribution < 1.29 is 47.6 Å². The molecule has 11 heteroatoms. The fourth-order valence-corrected chi connectivity index (χ4v) is 13.3. The Kier molecular flexibility index (Phi) is 17.1. The van der Waals surface area contributed by atoms with Gasteiger partial charge in [-0.2, -0.15) is 0 Å². The smallest absolute Gasteiger partial charge is 0.303 e. The first-order chi connectivity index (χ1) is 27.5. The first-order valence-electron chi connectivity index (χ1n) is 22.8. The highest BCUT2D eigenvalue weighted by molar-refractivity contribution is 7.99. The van der Waals surface area contributed by atoms with Crippen LogP contribution in [0.3, 0.4) is 0 Å². The molecule has 0 aromatic rings. The lowest BCUT2D eigenvalue weighted by Crippen LogP contribution is -2.61. The number of thioether (sulfide) groups is 1. The molecule has 10 nitrogen and oxygen atoms in total. The highest BCUT2D eigenvalue weighted by atomic mass is 32.2. The lowest BCUT2D eigenvalue weighted by atomic mass is 9.47. The predicted octanol–water partition coefficient (Wildman–Crippen LogP) is 9.79. The van der Waals surface area contributed by atoms with Gasteiger partial charge in [-0.3, -0.25) is 19.2 Å². The third-order valence-corrected chi connectivity index (χ3v) is 16.1. The molecule has 1 aliphatic heterocycles. The molecule has 1 heterocycles. The van der Waals surface area contributed by atoms with Crippen LogP contribution in [0.2, 0.25) is 0 Å². The van der Waals surface area contributed by atoms with E-state index in [-0.39, 0.29) is 6.61 Å². The molecule has 13 atom stereocenters. The maximum atomic E-state index is 12.1. The molecule has 330 valence electrons. The fraction of sp³-hybridized carbons (Fsp3) is 0.872. The number of fused-ring (bicyclic) bond motifs is 5. The highest BCUT2D eigenvalue weighted by Crippen LogP contribution is 2.67. The quantitative estimate of drug-likeness (QED) is 0.0535. The third-order valence-electron chi connectivity index (χ3n) is 14.9. The molecular formula is C47H76O10S. The van der Waals surface area contributed by atoms with Crippen molar-refractivity contribution in [2.24, 2.45) is 46.3 Å². The van der Waals surface area contributed by atoms with Gasteiger partial charge < -0.3 is 28.4 Å². The second-order valence-electron chi connectivity index (χ2n) is 19.4. The van der Waals surface area contributed by atoms with Crippen LogP contribution in [-0.2, 0) is 47.6 Å². The van der Waals surface area contributed by atoms with E-state index >= 15 is 0 Å². The zero-order valence-corrected chi connectivity index (χ0v) is 38.0. The van der Waals surface area contributed by atoms with Crippen molar-refractivity contribution >= 4 is 35.6 Å². The van der Waals surface area contributed by atoms with Crippen molar-refractivity contribution in [3.05, 3.63) is 11.6 Å². The minimum Gasteiger partial charge on any atom is -0.463 e. The summed E-state index contributed by atoms with van der Waals surface area (Å²) in [5.41, 5.74) is 1.81. The van der Waals surface area contributed by atoms with E-state index in [1.807, 2.05) is 0 Å². The van der Waals surface area contributed by atoms with Crippen LogP contribution < -0.4 is 0 Å². The molecule has 0 aromatic carbocycles. The van der Waals surface area contributed by atoms with Crippen LogP contribution in [0.1, 0.15) is 159 Å². The number of rotatable bonds is 19. The van der Waals surface area contributed by atoms with Gasteiger partial charge in [-0.25, -0.2) is 0 Å². The first-order valence-corrected chi connectivity index (χ1v) is 23.8. The van der Waals surface area contributed by atoms with Gasteiger partial charge in [0.2, 0.25) is 0 Å². The Balaban J connectivity index is 1.06. The van der Waals surface area contributed by atoms with Crippen molar-refractivity contribution in [1.29, 1.82) is 0 Å². The standard InChI is InChI=1S/C47H76O10S/c1-29(2)15-14-16-30(3)38-19-20-39-37-18-17-35-27-36(21-23-46(35,8)40(37)22-24-47(38,39)9)52-25-12-10-11-13-26-58-45-44(56-34(7)51)43(55-33(6)50)42(54-32(5)49)41(57-45)28-53-31(4)48/h17,29-30,36-45H,10-16,18-28H2,1-9H3/t30-,36+,37+,38-,39+,40+,41-,42-,43+,44+,45+,46+,47-/m1/s1. The van der Waals surface area contributed by atoms with Gasteiger partial charge in [0.15, 0.2) is 18.3 Å². The molecule has 58 heavy (non-hydrogen) atoms. The van der Waals surface area contributed by atoms with Crippen LogP contribution in [0.4, 0.5) is 0 Å². The molecule has 1 saturated heterocycles. The second-order valence-corrected chi connectivity index (χ2v) is 20.6. The molecule has 0 unspecified atom stereocenters. The Labute approximate surface area is 353 Å². The van der Waals surface area contributed by atoms with Crippen molar-refractivity contribution in [2.45, 2.75) is 195 Å². The van der Waals surface area contributed by atoms with E-state index in [0.717, 1.165) is 80.6 Å². The summed E-state index contributed by atoms with van der Waals surface area (Å²) >= 11 is 1.44. The summed E-state index contributed by atoms with van der Waals surface area (Å²) in [6, 6.07) is 0. The molecular weight excluding hydrogens is 757 g/mol. The summed E-state index contributed by atoms with van der Waals surface area (Å²) < 4.78 is 34.6. The van der Waals surface area contributed by atoms with Crippen LogP contribution in [0, 0.1) is 46.3 Å². The molecule has 0 N–H and O–H groups in total. The zero-order valence-electron chi connectivity index (χ0n) is 37.2. The number of allylic oxidation sites excluding steroid dienone is 1. The molecule has 0 radical (unpaired) electrons. The molecule has 4 fully saturated rings. The lowest BCUT2D eigenvalue weighted by Gasteiger charge is -2.58. The molecule has 0 bridgehead atoms. The van der Waals surface area contributed by atoms with Crippen molar-refractivity contribution in [3.63, 3.8) is 0 Å². The lowest BCUT2D eigenvalue weighted by molar-refractivity contribution is -0.237. The largest absolute Gasteiger partial charge is 0.463 e. The Bertz CT molecular complexity index is 1430. The van der Waals surface area contributed by atoms with Gasteiger partial charge in [-0.05, 0) is 116 Å². The number of unbranched alkanes of at least 4 members (excludes halogenated alkanes) is 3. The van der Waals surface area contributed by atoms with Gasteiger partial charge in [0.05, 0.1) is 6.10 Å². The van der Waals surface area contributed by atoms with Crippen LogP contribution in [0.25, 0.3) is 0 Å². The summed E-state index contributed by atoms with van der Waals surface area (Å²) in [5, 5.41) is 0. The predicted molar refractivity (Wildman–Crippen MR) is 226 cm³/mol. The van der Waals surface area contributed by atoms with Gasteiger partial charge >= 0.3 is 23.9 Å². The maximum absolute atomic E-state index is 12.1. The Hall–Kier alpha value is -2.11. The van der Waals surface area contributed by atoms with Crippen LogP contribution >= 0.6 is 11.8 Å². The molecule has 0 amide bonds. The van der Waals surface area contributed by atoms with Gasteiger partial charge in [-0.15, -0.1) is 11.8 Å². The van der Waals surface area contributed by atoms with E-state index in [9.17, 15) is 19.2 Å². The van der Waals surface area contributed by atoms with Crippen LogP contribution in [0.5, 0.6) is 0 Å².